The van der Waals surface area contributed by atoms with Gasteiger partial charge in [-0.1, -0.05) is 0 Å². The third-order valence-corrected chi connectivity index (χ3v) is 4.86. The maximum Gasteiger partial charge on any atom is 0.490 e. The molecule has 2 heterocycles. The number of H-pyrrole nitrogens is 2. The van der Waals surface area contributed by atoms with Crippen molar-refractivity contribution in [1.82, 2.24) is 30.0 Å². The summed E-state index contributed by atoms with van der Waals surface area (Å²) < 4.78 is 46.1. The second-order valence-electron chi connectivity index (χ2n) is 7.73. The van der Waals surface area contributed by atoms with Crippen LogP contribution < -0.4 is 10.6 Å². The van der Waals surface area contributed by atoms with Gasteiger partial charge in [-0.3, -0.25) is 5.10 Å². The van der Waals surface area contributed by atoms with Gasteiger partial charge in [-0.2, -0.15) is 18.3 Å². The molecule has 5 N–H and O–H groups in total. The second kappa shape index (κ2) is 12.2. The molecule has 0 saturated carbocycles. The highest BCUT2D eigenvalue weighted by Crippen LogP contribution is 2.28. The summed E-state index contributed by atoms with van der Waals surface area (Å²) in [6.07, 6.45) is -3.56. The van der Waals surface area contributed by atoms with Crippen LogP contribution in [0.3, 0.4) is 0 Å². The summed E-state index contributed by atoms with van der Waals surface area (Å²) in [7, 11) is 3.92. The maximum absolute atomic E-state index is 14.4. The molecule has 198 valence electrons. The number of halogens is 4. The molecule has 1 aromatic carbocycles. The summed E-state index contributed by atoms with van der Waals surface area (Å²) in [5.41, 5.74) is 2.61. The number of carboxylic acid groups (broad SMARTS) is 1. The van der Waals surface area contributed by atoms with Crippen molar-refractivity contribution in [1.29, 1.82) is 0 Å². The average molecular weight is 517 g/mol. The van der Waals surface area contributed by atoms with E-state index in [9.17, 15) is 22.4 Å². The molecule has 0 atom stereocenters. The van der Waals surface area contributed by atoms with Gasteiger partial charge >= 0.3 is 18.2 Å². The molecule has 3 aromatic rings. The Kier molecular flexibility index (Phi) is 9.60. The fourth-order valence-corrected chi connectivity index (χ4v) is 2.96. The molecule has 0 unspecified atom stereocenters. The lowest BCUT2D eigenvalue weighted by atomic mass is 10.2. The second-order valence-corrected chi connectivity index (χ2v) is 7.73. The molecule has 0 spiro atoms. The molecular weight excluding hydrogens is 488 g/mol. The molecule has 0 saturated heterocycles. The topological polar surface area (TPSA) is 142 Å². The minimum Gasteiger partial charge on any atom is -0.475 e. The number of carboxylic acids is 1. The first-order chi connectivity index (χ1) is 16.9. The number of carbonyl (C=O) groups is 2. The number of urea groups is 1. The van der Waals surface area contributed by atoms with E-state index in [2.05, 4.69) is 30.8 Å². The zero-order chi connectivity index (χ0) is 27.0. The average Bonchev–Trinajstić information content (AvgIpc) is 3.40. The van der Waals surface area contributed by atoms with E-state index in [1.807, 2.05) is 32.8 Å². The van der Waals surface area contributed by atoms with Gasteiger partial charge in [-0.25, -0.2) is 19.0 Å². The number of carbonyl (C=O) groups excluding carboxylic acids is 1. The third-order valence-electron chi connectivity index (χ3n) is 4.86. The van der Waals surface area contributed by atoms with Crippen molar-refractivity contribution in [2.75, 3.05) is 50.9 Å². The Morgan fingerprint density at radius 2 is 1.78 bits per heavy atom. The van der Waals surface area contributed by atoms with Gasteiger partial charge in [0.1, 0.15) is 11.5 Å². The molecule has 15 heteroatoms. The van der Waals surface area contributed by atoms with E-state index in [-0.39, 0.29) is 11.8 Å². The van der Waals surface area contributed by atoms with Gasteiger partial charge in [0.2, 0.25) is 0 Å². The number of imidazole rings is 1. The number of alkyl halides is 3. The van der Waals surface area contributed by atoms with E-state index in [0.717, 1.165) is 6.54 Å². The lowest BCUT2D eigenvalue weighted by Crippen LogP contribution is -2.34. The van der Waals surface area contributed by atoms with Gasteiger partial charge in [0, 0.05) is 32.2 Å². The Balaban J connectivity index is 0.000000572. The van der Waals surface area contributed by atoms with Crippen LogP contribution in [0.15, 0.2) is 18.3 Å². The Morgan fingerprint density at radius 3 is 2.33 bits per heavy atom. The molecule has 0 fully saturated rings. The molecule has 0 aliphatic carbocycles. The molecular formula is C21H28F4N8O3. The van der Waals surface area contributed by atoms with E-state index < -0.39 is 12.1 Å². The fraction of sp³-hybridized carbons (Fsp3) is 0.429. The van der Waals surface area contributed by atoms with Crippen molar-refractivity contribution >= 4 is 34.4 Å². The number of amides is 2. The van der Waals surface area contributed by atoms with Gasteiger partial charge < -0.3 is 30.5 Å². The highest BCUT2D eigenvalue weighted by Gasteiger charge is 2.38. The van der Waals surface area contributed by atoms with Crippen molar-refractivity contribution in [2.24, 2.45) is 0 Å². The first-order valence-electron chi connectivity index (χ1n) is 10.8. The Bertz CT molecular complexity index is 1170. The normalized spacial score (nSPS) is 11.2. The fourth-order valence-electron chi connectivity index (χ4n) is 2.96. The minimum absolute atomic E-state index is 0.216. The third kappa shape index (κ3) is 7.56. The molecule has 0 aliphatic heterocycles. The van der Waals surface area contributed by atoms with Gasteiger partial charge in [0.15, 0.2) is 5.82 Å². The highest BCUT2D eigenvalue weighted by atomic mass is 19.4. The van der Waals surface area contributed by atoms with E-state index in [4.69, 9.17) is 9.90 Å². The summed E-state index contributed by atoms with van der Waals surface area (Å²) in [6.45, 7) is 6.43. The van der Waals surface area contributed by atoms with E-state index in [1.165, 1.54) is 12.3 Å². The van der Waals surface area contributed by atoms with Gasteiger partial charge in [-0.15, -0.1) is 0 Å². The van der Waals surface area contributed by atoms with Crippen LogP contribution in [0, 0.1) is 5.82 Å². The largest absolute Gasteiger partial charge is 0.490 e. The molecule has 0 bridgehead atoms. The first-order valence-corrected chi connectivity index (χ1v) is 10.8. The van der Waals surface area contributed by atoms with Crippen molar-refractivity contribution < 1.29 is 32.3 Å². The molecule has 2 aromatic heterocycles. The number of aliphatic carboxylic acids is 1. The smallest absolute Gasteiger partial charge is 0.475 e. The van der Waals surface area contributed by atoms with Crippen LogP contribution in [0.2, 0.25) is 0 Å². The van der Waals surface area contributed by atoms with E-state index >= 15 is 0 Å². The number of anilines is 2. The lowest BCUT2D eigenvalue weighted by Gasteiger charge is -2.18. The Morgan fingerprint density at radius 1 is 1.14 bits per heavy atom. The van der Waals surface area contributed by atoms with Crippen LogP contribution in [-0.4, -0.2) is 93.5 Å². The van der Waals surface area contributed by atoms with Gasteiger partial charge in [-0.05, 0) is 34.0 Å². The van der Waals surface area contributed by atoms with E-state index in [0.29, 0.717) is 53.6 Å². The van der Waals surface area contributed by atoms with Crippen molar-refractivity contribution in [3.8, 4) is 11.5 Å². The molecule has 36 heavy (non-hydrogen) atoms. The summed E-state index contributed by atoms with van der Waals surface area (Å²) in [4.78, 5) is 32.6. The summed E-state index contributed by atoms with van der Waals surface area (Å²) >= 11 is 0. The van der Waals surface area contributed by atoms with Crippen molar-refractivity contribution in [3.63, 3.8) is 0 Å². The number of nitrogens with one attached hydrogen (secondary N) is 4. The van der Waals surface area contributed by atoms with Crippen LogP contribution in [0.1, 0.15) is 13.8 Å². The van der Waals surface area contributed by atoms with Gasteiger partial charge in [0.25, 0.3) is 0 Å². The van der Waals surface area contributed by atoms with Crippen LogP contribution >= 0.6 is 0 Å². The first kappa shape index (κ1) is 28.4. The molecule has 0 radical (unpaired) electrons. The predicted octanol–water partition coefficient (Wildman–Crippen LogP) is 3.57. The van der Waals surface area contributed by atoms with Gasteiger partial charge in [0.05, 0.1) is 28.6 Å². The standard InChI is InChI=1S/C19H27FN8O.C2HF3O2/c1-5-28(6-2)19(29)25-16-11-22-26-17(16)18-23-14-9-12(20)13(10-15(14)24-18)21-7-8-27(3)4;3-2(4,5)1(6)7/h9-11,21H,5-8H2,1-4H3,(H,22,26)(H,23,24)(H,25,29);(H,6,7). The van der Waals surface area contributed by atoms with Crippen molar-refractivity contribution in [2.45, 2.75) is 20.0 Å². The zero-order valence-corrected chi connectivity index (χ0v) is 20.1. The van der Waals surface area contributed by atoms with Crippen molar-refractivity contribution in [3.05, 3.63) is 24.1 Å². The number of nitrogens with zero attached hydrogens (tertiary/aromatic N) is 4. The predicted molar refractivity (Wildman–Crippen MR) is 126 cm³/mol. The zero-order valence-electron chi connectivity index (χ0n) is 20.1. The number of benzene rings is 1. The van der Waals surface area contributed by atoms with E-state index in [1.54, 1.807) is 11.0 Å². The summed E-state index contributed by atoms with van der Waals surface area (Å²) in [5, 5.41) is 19.9. The molecule has 3 rings (SSSR count). The number of likely N-dealkylation sites (N-methyl/N-ethyl adjacent to an activating group) is 1. The molecule has 2 amide bonds. The highest BCUT2D eigenvalue weighted by molar-refractivity contribution is 5.93. The van der Waals surface area contributed by atoms with Crippen LogP contribution in [0.4, 0.5) is 33.7 Å². The quantitative estimate of drug-likeness (QED) is 0.288. The SMILES string of the molecule is CCN(CC)C(=O)Nc1cn[nH]c1-c1nc2cc(NCCN(C)C)c(F)cc2[nH]1.O=C(O)C(F)(F)F. The van der Waals surface area contributed by atoms with Crippen LogP contribution in [0.5, 0.6) is 0 Å². The molecule has 11 nitrogen and oxygen atoms in total. The minimum atomic E-state index is -5.08. The van der Waals surface area contributed by atoms with Crippen LogP contribution in [-0.2, 0) is 4.79 Å². The number of aromatic nitrogens is 4. The Hall–Kier alpha value is -3.88. The summed E-state index contributed by atoms with van der Waals surface area (Å²) in [5.74, 6) is -2.64. The maximum atomic E-state index is 14.4. The molecule has 0 aliphatic rings. The Labute approximate surface area is 203 Å². The number of rotatable bonds is 8. The monoisotopic (exact) mass is 516 g/mol. The lowest BCUT2D eigenvalue weighted by molar-refractivity contribution is -0.192. The number of hydrogen-bond donors (Lipinski definition) is 5. The number of fused-ring (bicyclic) bond motifs is 1. The summed E-state index contributed by atoms with van der Waals surface area (Å²) in [6, 6.07) is 2.87. The van der Waals surface area contributed by atoms with Crippen LogP contribution in [0.25, 0.3) is 22.6 Å². The number of hydrogen-bond acceptors (Lipinski definition) is 6. The number of aromatic amines is 2.